The molecule has 0 fully saturated rings. The summed E-state index contributed by atoms with van der Waals surface area (Å²) in [6.07, 6.45) is 4.14. The van der Waals surface area contributed by atoms with E-state index in [4.69, 9.17) is 4.74 Å². The van der Waals surface area contributed by atoms with Crippen LogP contribution in [0.1, 0.15) is 33.1 Å². The lowest BCUT2D eigenvalue weighted by molar-refractivity contribution is 0.203. The largest absolute Gasteiger partial charge is 0.501 e. The molecule has 0 radical (unpaired) electrons. The maximum atomic E-state index is 9.23. The van der Waals surface area contributed by atoms with E-state index in [0.29, 0.717) is 0 Å². The van der Waals surface area contributed by atoms with Gasteiger partial charge in [-0.05, 0) is 18.9 Å². The highest BCUT2D eigenvalue weighted by atomic mass is 16.5. The first-order valence-corrected chi connectivity index (χ1v) is 4.17. The summed E-state index contributed by atoms with van der Waals surface area (Å²) in [4.78, 5) is 0. The molecule has 2 nitrogen and oxygen atoms in total. The van der Waals surface area contributed by atoms with Gasteiger partial charge in [0.05, 0.1) is 19.0 Å². The monoisotopic (exact) mass is 158 g/mol. The van der Waals surface area contributed by atoms with Gasteiger partial charge in [-0.25, -0.2) is 0 Å². The van der Waals surface area contributed by atoms with Gasteiger partial charge in [0, 0.05) is 6.42 Å². The van der Waals surface area contributed by atoms with E-state index in [1.54, 1.807) is 13.2 Å². The molecule has 0 spiro atoms. The molecule has 0 bridgehead atoms. The molecule has 0 aliphatic rings. The third-order valence-corrected chi connectivity index (χ3v) is 1.56. The predicted octanol–water partition coefficient (Wildman–Crippen LogP) is 2.09. The minimum absolute atomic E-state index is 0.350. The van der Waals surface area contributed by atoms with Crippen molar-refractivity contribution in [1.29, 1.82) is 0 Å². The molecule has 0 aliphatic carbocycles. The molecule has 2 heteroatoms. The van der Waals surface area contributed by atoms with Crippen LogP contribution in [0, 0.1) is 0 Å². The quantitative estimate of drug-likeness (QED) is 0.621. The molecule has 0 aromatic rings. The van der Waals surface area contributed by atoms with Crippen molar-refractivity contribution in [3.8, 4) is 0 Å². The van der Waals surface area contributed by atoms with Crippen LogP contribution in [0.5, 0.6) is 0 Å². The number of hydrogen-bond acceptors (Lipinski definition) is 2. The summed E-state index contributed by atoms with van der Waals surface area (Å²) in [7, 11) is 1.64. The maximum Gasteiger partial charge on any atom is 0.0941 e. The Kier molecular flexibility index (Phi) is 5.94. The minimum atomic E-state index is -0.350. The van der Waals surface area contributed by atoms with Crippen molar-refractivity contribution in [2.24, 2.45) is 0 Å². The summed E-state index contributed by atoms with van der Waals surface area (Å²) in [5, 5.41) is 9.23. The summed E-state index contributed by atoms with van der Waals surface area (Å²) in [5.41, 5.74) is 0. The number of methoxy groups -OCH3 is 1. The smallest absolute Gasteiger partial charge is 0.0941 e. The highest BCUT2D eigenvalue weighted by molar-refractivity contribution is 4.96. The van der Waals surface area contributed by atoms with E-state index in [1.807, 2.05) is 6.92 Å². The number of aliphatic hydroxyl groups is 1. The van der Waals surface area contributed by atoms with E-state index in [-0.39, 0.29) is 6.10 Å². The second kappa shape index (κ2) is 6.23. The van der Waals surface area contributed by atoms with Crippen LogP contribution >= 0.6 is 0 Å². The molecule has 0 heterocycles. The van der Waals surface area contributed by atoms with Crippen LogP contribution in [-0.4, -0.2) is 18.3 Å². The second-order valence-corrected chi connectivity index (χ2v) is 2.56. The van der Waals surface area contributed by atoms with Gasteiger partial charge in [0.1, 0.15) is 0 Å². The third-order valence-electron chi connectivity index (χ3n) is 1.56. The molecule has 0 aliphatic heterocycles. The summed E-state index contributed by atoms with van der Waals surface area (Å²) in [6.45, 7) is 4.03. The molecule has 0 aromatic heterocycles. The van der Waals surface area contributed by atoms with Gasteiger partial charge in [0.2, 0.25) is 0 Å². The summed E-state index contributed by atoms with van der Waals surface area (Å²) in [6, 6.07) is 0. The van der Waals surface area contributed by atoms with Gasteiger partial charge in [0.25, 0.3) is 0 Å². The SMILES string of the molecule is CCCC(=C[C@@H](O)CC)OC. The molecular weight excluding hydrogens is 140 g/mol. The molecule has 1 N–H and O–H groups in total. The van der Waals surface area contributed by atoms with Gasteiger partial charge in [0.15, 0.2) is 0 Å². The van der Waals surface area contributed by atoms with Crippen molar-refractivity contribution >= 4 is 0 Å². The fourth-order valence-corrected chi connectivity index (χ4v) is 0.832. The van der Waals surface area contributed by atoms with E-state index in [2.05, 4.69) is 6.92 Å². The molecule has 1 atom stereocenters. The van der Waals surface area contributed by atoms with E-state index >= 15 is 0 Å². The molecule has 0 aromatic carbocycles. The Balaban J connectivity index is 3.88. The average molecular weight is 158 g/mol. The van der Waals surface area contributed by atoms with Crippen LogP contribution < -0.4 is 0 Å². The van der Waals surface area contributed by atoms with Crippen LogP contribution in [0.2, 0.25) is 0 Å². The Labute approximate surface area is 68.9 Å². The Morgan fingerprint density at radius 1 is 1.55 bits per heavy atom. The van der Waals surface area contributed by atoms with Gasteiger partial charge < -0.3 is 9.84 Å². The lowest BCUT2D eigenvalue weighted by atomic mass is 10.2. The maximum absolute atomic E-state index is 9.23. The molecular formula is C9H18O2. The van der Waals surface area contributed by atoms with E-state index < -0.39 is 0 Å². The van der Waals surface area contributed by atoms with Gasteiger partial charge in [-0.1, -0.05) is 13.8 Å². The second-order valence-electron chi connectivity index (χ2n) is 2.56. The Bertz CT molecular complexity index is 119. The fraction of sp³-hybridized carbons (Fsp3) is 0.778. The highest BCUT2D eigenvalue weighted by Crippen LogP contribution is 2.07. The van der Waals surface area contributed by atoms with Crippen molar-refractivity contribution in [3.63, 3.8) is 0 Å². The number of rotatable bonds is 5. The predicted molar refractivity (Wildman–Crippen MR) is 46.3 cm³/mol. The van der Waals surface area contributed by atoms with Crippen molar-refractivity contribution < 1.29 is 9.84 Å². The van der Waals surface area contributed by atoms with Gasteiger partial charge in [-0.3, -0.25) is 0 Å². The topological polar surface area (TPSA) is 29.5 Å². The van der Waals surface area contributed by atoms with Crippen LogP contribution in [0.4, 0.5) is 0 Å². The first-order valence-electron chi connectivity index (χ1n) is 4.17. The number of aliphatic hydroxyl groups excluding tert-OH is 1. The van der Waals surface area contributed by atoms with Crippen molar-refractivity contribution in [2.45, 2.75) is 39.2 Å². The van der Waals surface area contributed by atoms with Crippen molar-refractivity contribution in [1.82, 2.24) is 0 Å². The van der Waals surface area contributed by atoms with E-state index in [1.165, 1.54) is 0 Å². The Morgan fingerprint density at radius 3 is 2.55 bits per heavy atom. The van der Waals surface area contributed by atoms with E-state index in [9.17, 15) is 5.11 Å². The Morgan fingerprint density at radius 2 is 2.18 bits per heavy atom. The number of allylic oxidation sites excluding steroid dienone is 1. The van der Waals surface area contributed by atoms with Gasteiger partial charge >= 0.3 is 0 Å². The first-order chi connectivity index (χ1) is 5.24. The zero-order valence-corrected chi connectivity index (χ0v) is 7.63. The van der Waals surface area contributed by atoms with Crippen LogP contribution in [0.3, 0.4) is 0 Å². The summed E-state index contributed by atoms with van der Waals surface area (Å²) in [5.74, 6) is 0.891. The zero-order chi connectivity index (χ0) is 8.69. The normalized spacial score (nSPS) is 14.7. The molecule has 11 heavy (non-hydrogen) atoms. The first kappa shape index (κ1) is 10.5. The van der Waals surface area contributed by atoms with Crippen LogP contribution in [0.25, 0.3) is 0 Å². The average Bonchev–Trinajstić information content (AvgIpc) is 2.03. The lowest BCUT2D eigenvalue weighted by Gasteiger charge is -2.06. The molecule has 0 amide bonds. The Hall–Kier alpha value is -0.500. The zero-order valence-electron chi connectivity index (χ0n) is 7.63. The standard InChI is InChI=1S/C9H18O2/c1-4-6-9(11-3)7-8(10)5-2/h7-8,10H,4-6H2,1-3H3/t8-/m0/s1. The summed E-state index contributed by atoms with van der Waals surface area (Å²) >= 11 is 0. The van der Waals surface area contributed by atoms with Crippen molar-refractivity contribution in [3.05, 3.63) is 11.8 Å². The lowest BCUT2D eigenvalue weighted by Crippen LogP contribution is -2.01. The highest BCUT2D eigenvalue weighted by Gasteiger charge is 1.99. The number of ether oxygens (including phenoxy) is 1. The minimum Gasteiger partial charge on any atom is -0.501 e. The van der Waals surface area contributed by atoms with Crippen molar-refractivity contribution in [2.75, 3.05) is 7.11 Å². The molecule has 0 unspecified atom stereocenters. The molecule has 0 saturated heterocycles. The molecule has 66 valence electrons. The van der Waals surface area contributed by atoms with Crippen LogP contribution in [-0.2, 0) is 4.74 Å². The fourth-order valence-electron chi connectivity index (χ4n) is 0.832. The molecule has 0 saturated carbocycles. The van der Waals surface area contributed by atoms with Gasteiger partial charge in [-0.2, -0.15) is 0 Å². The van der Waals surface area contributed by atoms with E-state index in [0.717, 1.165) is 25.0 Å². The van der Waals surface area contributed by atoms with Crippen LogP contribution in [0.15, 0.2) is 11.8 Å². The third kappa shape index (κ3) is 4.85. The molecule has 0 rings (SSSR count). The summed E-state index contributed by atoms with van der Waals surface area (Å²) < 4.78 is 5.06. The number of hydrogen-bond donors (Lipinski definition) is 1. The van der Waals surface area contributed by atoms with Gasteiger partial charge in [-0.15, -0.1) is 0 Å².